The van der Waals surface area contributed by atoms with E-state index in [1.165, 1.54) is 9.80 Å². The molecule has 0 aromatic heterocycles. The van der Waals surface area contributed by atoms with Crippen molar-refractivity contribution in [1.82, 2.24) is 9.80 Å². The average Bonchev–Trinajstić information content (AvgIpc) is 2.17. The van der Waals surface area contributed by atoms with Crippen LogP contribution in [0.3, 0.4) is 0 Å². The molecule has 0 radical (unpaired) electrons. The number of unbranched alkanes of at least 4 members (excludes halogenated alkanes) is 1. The summed E-state index contributed by atoms with van der Waals surface area (Å²) >= 11 is 5.50. The zero-order valence-electron chi connectivity index (χ0n) is 9.62. The molecule has 0 fully saturated rings. The van der Waals surface area contributed by atoms with Crippen LogP contribution in [0.15, 0.2) is 0 Å². The van der Waals surface area contributed by atoms with Gasteiger partial charge in [0.05, 0.1) is 6.54 Å². The maximum Gasteiger partial charge on any atom is 0.241 e. The highest BCUT2D eigenvalue weighted by Crippen LogP contribution is 2.01. The number of hydrogen-bond donors (Lipinski definition) is 0. The van der Waals surface area contributed by atoms with Crippen LogP contribution in [0.4, 0.5) is 0 Å². The van der Waals surface area contributed by atoms with Crippen LogP contribution in [-0.2, 0) is 9.59 Å². The molecule has 15 heavy (non-hydrogen) atoms. The number of rotatable bonds is 6. The molecule has 0 aromatic rings. The van der Waals surface area contributed by atoms with Crippen LogP contribution in [-0.4, -0.2) is 55.2 Å². The predicted molar refractivity (Wildman–Crippen MR) is 60.9 cm³/mol. The smallest absolute Gasteiger partial charge is 0.241 e. The zero-order valence-corrected chi connectivity index (χ0v) is 10.4. The maximum atomic E-state index is 11.5. The molecule has 0 unspecified atom stereocenters. The number of hydrogen-bond acceptors (Lipinski definition) is 2. The molecule has 0 aliphatic heterocycles. The summed E-state index contributed by atoms with van der Waals surface area (Å²) in [5, 5.41) is 0. The monoisotopic (exact) mass is 234 g/mol. The third-order valence-electron chi connectivity index (χ3n) is 2.07. The van der Waals surface area contributed by atoms with E-state index in [0.717, 1.165) is 12.8 Å². The molecule has 0 atom stereocenters. The van der Waals surface area contributed by atoms with Gasteiger partial charge in [-0.2, -0.15) is 0 Å². The first-order valence-corrected chi connectivity index (χ1v) is 5.52. The lowest BCUT2D eigenvalue weighted by Crippen LogP contribution is -2.37. The largest absolute Gasteiger partial charge is 0.347 e. The van der Waals surface area contributed by atoms with Gasteiger partial charge in [-0.25, -0.2) is 0 Å². The van der Waals surface area contributed by atoms with E-state index >= 15 is 0 Å². The molecule has 0 bridgehead atoms. The molecule has 0 aliphatic rings. The summed E-state index contributed by atoms with van der Waals surface area (Å²) in [6.07, 6.45) is 2.08. The second-order valence-corrected chi connectivity index (χ2v) is 4.06. The van der Waals surface area contributed by atoms with E-state index in [4.69, 9.17) is 11.6 Å². The Morgan fingerprint density at radius 2 is 1.67 bits per heavy atom. The number of alkyl halides is 1. The quantitative estimate of drug-likeness (QED) is 0.507. The Morgan fingerprint density at radius 1 is 1.07 bits per heavy atom. The Balaban J connectivity index is 3.83. The molecule has 2 amide bonds. The van der Waals surface area contributed by atoms with Gasteiger partial charge < -0.3 is 9.80 Å². The summed E-state index contributed by atoms with van der Waals surface area (Å²) in [6, 6.07) is 0. The van der Waals surface area contributed by atoms with Gasteiger partial charge in [0, 0.05) is 33.4 Å². The fraction of sp³-hybridized carbons (Fsp3) is 0.800. The fourth-order valence-corrected chi connectivity index (χ4v) is 1.18. The van der Waals surface area contributed by atoms with Gasteiger partial charge in [0.15, 0.2) is 0 Å². The normalized spacial score (nSPS) is 9.87. The number of halogens is 1. The first kappa shape index (κ1) is 14.2. The molecule has 0 rings (SSSR count). The van der Waals surface area contributed by atoms with E-state index in [0.29, 0.717) is 12.3 Å². The van der Waals surface area contributed by atoms with E-state index in [2.05, 4.69) is 0 Å². The minimum atomic E-state index is -0.0665. The van der Waals surface area contributed by atoms with Crippen molar-refractivity contribution in [3.05, 3.63) is 0 Å². The molecule has 5 heteroatoms. The fourth-order valence-electron chi connectivity index (χ4n) is 0.994. The molecule has 0 saturated heterocycles. The van der Waals surface area contributed by atoms with E-state index < -0.39 is 0 Å². The Hall–Kier alpha value is -0.770. The van der Waals surface area contributed by atoms with Gasteiger partial charge in [-0.1, -0.05) is 0 Å². The third-order valence-corrected chi connectivity index (χ3v) is 2.34. The van der Waals surface area contributed by atoms with E-state index in [9.17, 15) is 9.59 Å². The summed E-state index contributed by atoms with van der Waals surface area (Å²) in [4.78, 5) is 25.7. The van der Waals surface area contributed by atoms with Crippen LogP contribution < -0.4 is 0 Å². The van der Waals surface area contributed by atoms with Crippen LogP contribution in [0, 0.1) is 0 Å². The lowest BCUT2D eigenvalue weighted by Gasteiger charge is -2.19. The Morgan fingerprint density at radius 3 is 2.13 bits per heavy atom. The highest BCUT2D eigenvalue weighted by atomic mass is 35.5. The number of carbonyl (C=O) groups excluding carboxylic acids is 2. The number of amides is 2. The molecule has 88 valence electrons. The zero-order chi connectivity index (χ0) is 11.8. The van der Waals surface area contributed by atoms with Crippen molar-refractivity contribution in [2.75, 3.05) is 33.6 Å². The minimum Gasteiger partial charge on any atom is -0.347 e. The van der Waals surface area contributed by atoms with Crippen molar-refractivity contribution >= 4 is 23.4 Å². The molecule has 0 aromatic carbocycles. The number of carbonyl (C=O) groups is 2. The van der Waals surface area contributed by atoms with Crippen LogP contribution >= 0.6 is 11.6 Å². The SMILES string of the molecule is CN(C)C(=O)CN(C)C(=O)CCCCCl. The second kappa shape index (κ2) is 7.51. The van der Waals surface area contributed by atoms with E-state index in [1.807, 2.05) is 0 Å². The summed E-state index contributed by atoms with van der Waals surface area (Å²) in [6.45, 7) is 0.146. The van der Waals surface area contributed by atoms with Crippen molar-refractivity contribution < 1.29 is 9.59 Å². The minimum absolute atomic E-state index is 0.00434. The van der Waals surface area contributed by atoms with E-state index in [-0.39, 0.29) is 18.4 Å². The summed E-state index contributed by atoms with van der Waals surface area (Å²) < 4.78 is 0. The molecule has 0 saturated carbocycles. The van der Waals surface area contributed by atoms with Gasteiger partial charge in [-0.05, 0) is 12.8 Å². The summed E-state index contributed by atoms with van der Waals surface area (Å²) in [5.41, 5.74) is 0. The van der Waals surface area contributed by atoms with Crippen molar-refractivity contribution in [3.8, 4) is 0 Å². The number of likely N-dealkylation sites (N-methyl/N-ethyl adjacent to an activating group) is 2. The van der Waals surface area contributed by atoms with Gasteiger partial charge in [0.1, 0.15) is 0 Å². The second-order valence-electron chi connectivity index (χ2n) is 3.68. The van der Waals surface area contributed by atoms with Crippen LogP contribution in [0.25, 0.3) is 0 Å². The highest BCUT2D eigenvalue weighted by Gasteiger charge is 2.13. The first-order valence-electron chi connectivity index (χ1n) is 4.99. The van der Waals surface area contributed by atoms with Crippen molar-refractivity contribution in [1.29, 1.82) is 0 Å². The summed E-state index contributed by atoms with van der Waals surface area (Å²) in [7, 11) is 4.99. The van der Waals surface area contributed by atoms with Gasteiger partial charge in [-0.15, -0.1) is 11.6 Å². The molecular formula is C10H19ClN2O2. The van der Waals surface area contributed by atoms with Gasteiger partial charge >= 0.3 is 0 Å². The predicted octanol–water partition coefficient (Wildman–Crippen LogP) is 0.942. The lowest BCUT2D eigenvalue weighted by molar-refractivity contribution is -0.138. The number of nitrogens with zero attached hydrogens (tertiary/aromatic N) is 2. The Bertz CT molecular complexity index is 219. The maximum absolute atomic E-state index is 11.5. The van der Waals surface area contributed by atoms with Crippen molar-refractivity contribution in [2.45, 2.75) is 19.3 Å². The molecule has 0 heterocycles. The van der Waals surface area contributed by atoms with Gasteiger partial charge in [-0.3, -0.25) is 9.59 Å². The first-order chi connectivity index (χ1) is 6.99. The molecule has 0 aliphatic carbocycles. The topological polar surface area (TPSA) is 40.6 Å². The Kier molecular flexibility index (Phi) is 7.13. The Labute approximate surface area is 96.2 Å². The third kappa shape index (κ3) is 6.33. The lowest BCUT2D eigenvalue weighted by atomic mass is 10.2. The average molecular weight is 235 g/mol. The molecule has 0 spiro atoms. The van der Waals surface area contributed by atoms with Crippen molar-refractivity contribution in [2.24, 2.45) is 0 Å². The van der Waals surface area contributed by atoms with Crippen LogP contribution in [0.1, 0.15) is 19.3 Å². The standard InChI is InChI=1S/C10H19ClN2O2/c1-12(2)10(15)8-13(3)9(14)6-4-5-7-11/h4-8H2,1-3H3. The molecule has 0 N–H and O–H groups in total. The molecular weight excluding hydrogens is 216 g/mol. The summed E-state index contributed by atoms with van der Waals surface area (Å²) in [5.74, 6) is 0.506. The van der Waals surface area contributed by atoms with Crippen LogP contribution in [0.5, 0.6) is 0 Å². The van der Waals surface area contributed by atoms with Gasteiger partial charge in [0.2, 0.25) is 11.8 Å². The van der Waals surface area contributed by atoms with Crippen molar-refractivity contribution in [3.63, 3.8) is 0 Å². The highest BCUT2D eigenvalue weighted by molar-refractivity contribution is 6.17. The van der Waals surface area contributed by atoms with Gasteiger partial charge in [0.25, 0.3) is 0 Å². The molecule has 4 nitrogen and oxygen atoms in total. The van der Waals surface area contributed by atoms with E-state index in [1.54, 1.807) is 21.1 Å². The van der Waals surface area contributed by atoms with Crippen LogP contribution in [0.2, 0.25) is 0 Å².